The Balaban J connectivity index is 2.08. The fourth-order valence-corrected chi connectivity index (χ4v) is 2.71. The summed E-state index contributed by atoms with van der Waals surface area (Å²) >= 11 is 0. The molecule has 0 saturated carbocycles. The first-order valence-corrected chi connectivity index (χ1v) is 7.71. The zero-order valence-corrected chi connectivity index (χ0v) is 12.7. The van der Waals surface area contributed by atoms with Crippen LogP contribution < -0.4 is 10.2 Å². The first-order valence-electron chi connectivity index (χ1n) is 7.71. The number of nitrogens with zero attached hydrogens (tertiary/aromatic N) is 2. The highest BCUT2D eigenvalue weighted by atomic mass is 19.1. The quantitative estimate of drug-likeness (QED) is 0.807. The minimum absolute atomic E-state index is 0.0935. The van der Waals surface area contributed by atoms with E-state index in [2.05, 4.69) is 29.0 Å². The first kappa shape index (κ1) is 15.3. The van der Waals surface area contributed by atoms with Gasteiger partial charge in [-0.05, 0) is 31.6 Å². The van der Waals surface area contributed by atoms with Crippen LogP contribution in [0.1, 0.15) is 25.8 Å². The predicted octanol–water partition coefficient (Wildman–Crippen LogP) is 2.47. The molecule has 0 atom stereocenters. The molecule has 0 aromatic heterocycles. The van der Waals surface area contributed by atoms with Crippen molar-refractivity contribution in [2.24, 2.45) is 0 Å². The molecular weight excluding hydrogens is 253 g/mol. The average molecular weight is 279 g/mol. The van der Waals surface area contributed by atoms with Crippen LogP contribution in [-0.4, -0.2) is 44.2 Å². The van der Waals surface area contributed by atoms with Gasteiger partial charge in [0.2, 0.25) is 0 Å². The topological polar surface area (TPSA) is 18.5 Å². The summed E-state index contributed by atoms with van der Waals surface area (Å²) in [4.78, 5) is 4.75. The van der Waals surface area contributed by atoms with Crippen LogP contribution in [0.25, 0.3) is 0 Å². The normalized spacial score (nSPS) is 16.6. The van der Waals surface area contributed by atoms with Crippen LogP contribution in [-0.2, 0) is 6.54 Å². The largest absolute Gasteiger partial charge is 0.369 e. The Morgan fingerprint density at radius 1 is 1.15 bits per heavy atom. The van der Waals surface area contributed by atoms with Gasteiger partial charge >= 0.3 is 0 Å². The molecule has 0 bridgehead atoms. The van der Waals surface area contributed by atoms with E-state index in [4.69, 9.17) is 0 Å². The van der Waals surface area contributed by atoms with Crippen LogP contribution in [0.15, 0.2) is 18.2 Å². The Morgan fingerprint density at radius 3 is 2.55 bits per heavy atom. The number of hydrogen-bond acceptors (Lipinski definition) is 3. The molecule has 20 heavy (non-hydrogen) atoms. The van der Waals surface area contributed by atoms with Crippen LogP contribution in [0.4, 0.5) is 10.1 Å². The van der Waals surface area contributed by atoms with E-state index in [9.17, 15) is 4.39 Å². The molecule has 1 fully saturated rings. The lowest BCUT2D eigenvalue weighted by atomic mass is 10.1. The molecule has 1 aliphatic rings. The Hall–Kier alpha value is -1.13. The fraction of sp³-hybridized carbons (Fsp3) is 0.625. The molecule has 112 valence electrons. The number of anilines is 1. The van der Waals surface area contributed by atoms with E-state index in [1.807, 2.05) is 12.1 Å². The molecule has 0 amide bonds. The predicted molar refractivity (Wildman–Crippen MR) is 82.7 cm³/mol. The maximum atomic E-state index is 14.1. The van der Waals surface area contributed by atoms with E-state index >= 15 is 0 Å². The van der Waals surface area contributed by atoms with E-state index in [0.717, 1.165) is 56.9 Å². The van der Waals surface area contributed by atoms with Crippen molar-refractivity contribution in [1.82, 2.24) is 10.2 Å². The van der Waals surface area contributed by atoms with Gasteiger partial charge in [0.05, 0.1) is 0 Å². The Bertz CT molecular complexity index is 414. The Labute approximate surface area is 121 Å². The minimum atomic E-state index is -0.0935. The van der Waals surface area contributed by atoms with Gasteiger partial charge in [0.15, 0.2) is 0 Å². The van der Waals surface area contributed by atoms with Gasteiger partial charge in [-0.25, -0.2) is 4.39 Å². The average Bonchev–Trinajstić information content (AvgIpc) is 2.49. The number of halogens is 1. The summed E-state index contributed by atoms with van der Waals surface area (Å²) in [6, 6.07) is 5.43. The number of benzene rings is 1. The molecule has 4 heteroatoms. The van der Waals surface area contributed by atoms with Crippen LogP contribution >= 0.6 is 0 Å². The summed E-state index contributed by atoms with van der Waals surface area (Å²) in [7, 11) is 0. The lowest BCUT2D eigenvalue weighted by Crippen LogP contribution is -2.46. The van der Waals surface area contributed by atoms with Gasteiger partial charge in [0.25, 0.3) is 0 Å². The molecular formula is C16H26FN3. The molecule has 1 N–H and O–H groups in total. The molecule has 3 nitrogen and oxygen atoms in total. The van der Waals surface area contributed by atoms with Crippen molar-refractivity contribution in [1.29, 1.82) is 0 Å². The lowest BCUT2D eigenvalue weighted by Gasteiger charge is -2.36. The minimum Gasteiger partial charge on any atom is -0.369 e. The smallest absolute Gasteiger partial charge is 0.129 e. The molecule has 1 saturated heterocycles. The van der Waals surface area contributed by atoms with Crippen molar-refractivity contribution >= 4 is 5.69 Å². The summed E-state index contributed by atoms with van der Waals surface area (Å²) in [6.07, 6.45) is 1.07. The molecule has 1 aromatic rings. The molecule has 1 heterocycles. The third-order valence-electron chi connectivity index (χ3n) is 3.98. The molecule has 2 rings (SSSR count). The van der Waals surface area contributed by atoms with Gasteiger partial charge in [-0.3, -0.25) is 0 Å². The highest BCUT2D eigenvalue weighted by Gasteiger charge is 2.19. The molecule has 0 spiro atoms. The molecule has 0 aliphatic carbocycles. The molecule has 1 aliphatic heterocycles. The van der Waals surface area contributed by atoms with Crippen LogP contribution in [0, 0.1) is 5.82 Å². The molecule has 0 unspecified atom stereocenters. The highest BCUT2D eigenvalue weighted by Crippen LogP contribution is 2.24. The van der Waals surface area contributed by atoms with Crippen molar-refractivity contribution in [3.05, 3.63) is 29.6 Å². The Morgan fingerprint density at radius 2 is 1.90 bits per heavy atom. The van der Waals surface area contributed by atoms with Crippen LogP contribution in [0.3, 0.4) is 0 Å². The second-order valence-electron chi connectivity index (χ2n) is 5.34. The van der Waals surface area contributed by atoms with Crippen LogP contribution in [0.5, 0.6) is 0 Å². The van der Waals surface area contributed by atoms with Crippen molar-refractivity contribution in [3.8, 4) is 0 Å². The van der Waals surface area contributed by atoms with E-state index in [0.29, 0.717) is 6.54 Å². The summed E-state index contributed by atoms with van der Waals surface area (Å²) in [5.74, 6) is -0.0935. The maximum absolute atomic E-state index is 14.1. The zero-order valence-electron chi connectivity index (χ0n) is 12.7. The van der Waals surface area contributed by atoms with E-state index < -0.39 is 0 Å². The van der Waals surface area contributed by atoms with E-state index in [-0.39, 0.29) is 5.82 Å². The lowest BCUT2D eigenvalue weighted by molar-refractivity contribution is 0.271. The third-order valence-corrected chi connectivity index (χ3v) is 3.98. The molecule has 1 aromatic carbocycles. The van der Waals surface area contributed by atoms with Crippen molar-refractivity contribution in [2.45, 2.75) is 26.8 Å². The number of nitrogens with one attached hydrogen (secondary N) is 1. The van der Waals surface area contributed by atoms with Crippen molar-refractivity contribution in [3.63, 3.8) is 0 Å². The molecule has 0 radical (unpaired) electrons. The summed E-state index contributed by atoms with van der Waals surface area (Å²) in [6.45, 7) is 11.1. The van der Waals surface area contributed by atoms with Gasteiger partial charge in [-0.1, -0.05) is 19.9 Å². The standard InChI is InChI=1S/C16H26FN3/c1-3-8-18-13-14-15(17)6-5-7-16(14)20-11-9-19(4-2)10-12-20/h5-7,18H,3-4,8-13H2,1-2H3. The summed E-state index contributed by atoms with van der Waals surface area (Å²) < 4.78 is 14.1. The third kappa shape index (κ3) is 3.70. The van der Waals surface area contributed by atoms with E-state index in [1.165, 1.54) is 0 Å². The van der Waals surface area contributed by atoms with Gasteiger partial charge < -0.3 is 15.1 Å². The number of hydrogen-bond donors (Lipinski definition) is 1. The SMILES string of the molecule is CCCNCc1c(F)cccc1N1CCN(CC)CC1. The van der Waals surface area contributed by atoms with Crippen molar-refractivity contribution in [2.75, 3.05) is 44.2 Å². The van der Waals surface area contributed by atoms with Gasteiger partial charge in [0.1, 0.15) is 5.82 Å². The summed E-state index contributed by atoms with van der Waals surface area (Å²) in [5, 5.41) is 3.31. The van der Waals surface area contributed by atoms with Gasteiger partial charge in [-0.15, -0.1) is 0 Å². The van der Waals surface area contributed by atoms with Gasteiger partial charge in [-0.2, -0.15) is 0 Å². The zero-order chi connectivity index (χ0) is 14.4. The Kier molecular flexibility index (Phi) is 5.80. The number of rotatable bonds is 6. The summed E-state index contributed by atoms with van der Waals surface area (Å²) in [5.41, 5.74) is 1.87. The fourth-order valence-electron chi connectivity index (χ4n) is 2.71. The van der Waals surface area contributed by atoms with Crippen molar-refractivity contribution < 1.29 is 4.39 Å². The van der Waals surface area contributed by atoms with Gasteiger partial charge in [0, 0.05) is 44.0 Å². The van der Waals surface area contributed by atoms with E-state index in [1.54, 1.807) is 6.07 Å². The first-order chi connectivity index (χ1) is 9.76. The van der Waals surface area contributed by atoms with Crippen LogP contribution in [0.2, 0.25) is 0 Å². The number of likely N-dealkylation sites (N-methyl/N-ethyl adjacent to an activating group) is 1. The number of piperazine rings is 1. The maximum Gasteiger partial charge on any atom is 0.129 e. The second kappa shape index (κ2) is 7.60. The second-order valence-corrected chi connectivity index (χ2v) is 5.34. The monoisotopic (exact) mass is 279 g/mol. The highest BCUT2D eigenvalue weighted by molar-refractivity contribution is 5.54.